The zero-order valence-electron chi connectivity index (χ0n) is 14.5. The summed E-state index contributed by atoms with van der Waals surface area (Å²) < 4.78 is 5.80. The van der Waals surface area contributed by atoms with Crippen molar-refractivity contribution in [3.8, 4) is 11.5 Å². The molecular formula is C20H24ClNO2S. The molecule has 0 fully saturated rings. The van der Waals surface area contributed by atoms with E-state index in [-0.39, 0.29) is 11.5 Å². The van der Waals surface area contributed by atoms with Crippen LogP contribution in [0.4, 0.5) is 0 Å². The van der Waals surface area contributed by atoms with Gasteiger partial charge in [0.15, 0.2) is 0 Å². The number of ether oxygens (including phenoxy) is 1. The lowest BCUT2D eigenvalue weighted by atomic mass is 9.69. The Bertz CT molecular complexity index is 708. The summed E-state index contributed by atoms with van der Waals surface area (Å²) in [5.41, 5.74) is 2.29. The van der Waals surface area contributed by atoms with Crippen molar-refractivity contribution in [1.82, 2.24) is 4.84 Å². The highest BCUT2D eigenvalue weighted by Gasteiger charge is 2.42. The normalized spacial score (nSPS) is 21.6. The first-order valence-electron chi connectivity index (χ1n) is 8.50. The predicted octanol–water partition coefficient (Wildman–Crippen LogP) is 4.52. The van der Waals surface area contributed by atoms with Gasteiger partial charge in [0.2, 0.25) is 0 Å². The maximum absolute atomic E-state index is 9.85. The van der Waals surface area contributed by atoms with E-state index in [1.54, 1.807) is 6.07 Å². The lowest BCUT2D eigenvalue weighted by Gasteiger charge is -2.44. The average molecular weight is 378 g/mol. The van der Waals surface area contributed by atoms with E-state index in [9.17, 15) is 5.11 Å². The molecule has 134 valence electrons. The molecule has 0 aromatic heterocycles. The third-order valence-electron chi connectivity index (χ3n) is 4.90. The van der Waals surface area contributed by atoms with Gasteiger partial charge in [-0.2, -0.15) is 11.8 Å². The first-order chi connectivity index (χ1) is 12.0. The van der Waals surface area contributed by atoms with Gasteiger partial charge in [-0.3, -0.25) is 0 Å². The summed E-state index contributed by atoms with van der Waals surface area (Å²) in [4.78, 5) is 2.99. The van der Waals surface area contributed by atoms with Crippen LogP contribution in [-0.4, -0.2) is 28.8 Å². The van der Waals surface area contributed by atoms with E-state index in [2.05, 4.69) is 18.7 Å². The fourth-order valence-corrected chi connectivity index (χ4v) is 5.43. The van der Waals surface area contributed by atoms with E-state index in [4.69, 9.17) is 16.5 Å². The van der Waals surface area contributed by atoms with Gasteiger partial charge in [0.1, 0.15) is 11.5 Å². The number of phenolic OH excluding ortho intramolecular Hbond substituents is 1. The van der Waals surface area contributed by atoms with Gasteiger partial charge < -0.3 is 9.84 Å². The Hall–Kier alpha value is -1.36. The number of para-hydroxylation sites is 1. The van der Waals surface area contributed by atoms with Crippen LogP contribution in [0.25, 0.3) is 0 Å². The zero-order valence-corrected chi connectivity index (χ0v) is 16.1. The van der Waals surface area contributed by atoms with Crippen molar-refractivity contribution < 1.29 is 9.84 Å². The maximum atomic E-state index is 9.85. The summed E-state index contributed by atoms with van der Waals surface area (Å²) in [6.07, 6.45) is 0.930. The number of nitrogens with one attached hydrogen (secondary N) is 1. The number of aromatic hydroxyl groups is 1. The van der Waals surface area contributed by atoms with Gasteiger partial charge in [0.25, 0.3) is 0 Å². The molecule has 0 amide bonds. The van der Waals surface area contributed by atoms with Gasteiger partial charge in [-0.15, -0.1) is 0 Å². The molecule has 0 saturated carbocycles. The summed E-state index contributed by atoms with van der Waals surface area (Å²) in [7, 11) is 0. The third kappa shape index (κ3) is 4.08. The zero-order chi connectivity index (χ0) is 17.9. The molecule has 3 nitrogen and oxygen atoms in total. The number of phenols is 1. The fraction of sp³-hybridized carbons (Fsp3) is 0.400. The van der Waals surface area contributed by atoms with Crippen molar-refractivity contribution in [2.45, 2.75) is 37.0 Å². The number of hydrogen-bond donors (Lipinski definition) is 2. The van der Waals surface area contributed by atoms with Crippen LogP contribution in [-0.2, 0) is 11.8 Å². The van der Waals surface area contributed by atoms with Crippen LogP contribution in [0.3, 0.4) is 0 Å². The van der Waals surface area contributed by atoms with Crippen LogP contribution in [0.15, 0.2) is 48.5 Å². The Balaban J connectivity index is 1.66. The van der Waals surface area contributed by atoms with Gasteiger partial charge in [-0.1, -0.05) is 38.1 Å². The minimum absolute atomic E-state index is 0.116. The van der Waals surface area contributed by atoms with Crippen LogP contribution in [0, 0.1) is 0 Å². The Labute approximate surface area is 158 Å². The highest BCUT2D eigenvalue weighted by Crippen LogP contribution is 2.42. The fourth-order valence-electron chi connectivity index (χ4n) is 3.55. The predicted molar refractivity (Wildman–Crippen MR) is 106 cm³/mol. The van der Waals surface area contributed by atoms with Crippen molar-refractivity contribution in [2.24, 2.45) is 0 Å². The molecule has 5 heteroatoms. The monoisotopic (exact) mass is 377 g/mol. The van der Waals surface area contributed by atoms with E-state index >= 15 is 0 Å². The molecule has 2 atom stereocenters. The maximum Gasteiger partial charge on any atom is 0.119 e. The van der Waals surface area contributed by atoms with Gasteiger partial charge in [0.05, 0.1) is 6.61 Å². The molecule has 0 bridgehead atoms. The minimum Gasteiger partial charge on any atom is -0.508 e. The molecule has 2 aromatic carbocycles. The summed E-state index contributed by atoms with van der Waals surface area (Å²) in [5, 5.41) is 10.2. The topological polar surface area (TPSA) is 41.5 Å². The standard InChI is InChI=1S/C20H24ClNO2S/c1-20(2)17-13-15(23)9-8-14(17)12-18(19(20)22-21)25-11-10-24-16-6-4-3-5-7-16/h3-9,13,18-19,22-23H,10-12H2,1-2H3. The molecule has 0 heterocycles. The summed E-state index contributed by atoms with van der Waals surface area (Å²) in [6.45, 7) is 5.03. The van der Waals surface area contributed by atoms with E-state index in [1.807, 2.05) is 54.2 Å². The van der Waals surface area contributed by atoms with Crippen LogP contribution in [0.1, 0.15) is 25.0 Å². The molecule has 2 N–H and O–H groups in total. The Kier molecular flexibility index (Phi) is 5.82. The van der Waals surface area contributed by atoms with E-state index in [1.165, 1.54) is 11.1 Å². The second kappa shape index (κ2) is 7.90. The van der Waals surface area contributed by atoms with Gasteiger partial charge >= 0.3 is 0 Å². The Morgan fingerprint density at radius 2 is 2.00 bits per heavy atom. The lowest BCUT2D eigenvalue weighted by molar-refractivity contribution is 0.338. The Morgan fingerprint density at radius 3 is 2.72 bits per heavy atom. The number of hydrogen-bond acceptors (Lipinski definition) is 4. The molecular weight excluding hydrogens is 354 g/mol. The molecule has 2 aromatic rings. The van der Waals surface area contributed by atoms with Crippen LogP contribution < -0.4 is 9.57 Å². The van der Waals surface area contributed by atoms with Crippen LogP contribution in [0.5, 0.6) is 11.5 Å². The van der Waals surface area contributed by atoms with Crippen molar-refractivity contribution in [2.75, 3.05) is 12.4 Å². The lowest BCUT2D eigenvalue weighted by Crippen LogP contribution is -2.52. The van der Waals surface area contributed by atoms with E-state index in [0.717, 1.165) is 17.9 Å². The molecule has 1 aliphatic rings. The van der Waals surface area contributed by atoms with Crippen molar-refractivity contribution in [1.29, 1.82) is 0 Å². The average Bonchev–Trinajstić information content (AvgIpc) is 2.60. The quantitative estimate of drug-likeness (QED) is 0.573. The molecule has 3 rings (SSSR count). The number of benzene rings is 2. The summed E-state index contributed by atoms with van der Waals surface area (Å²) >= 11 is 8.00. The van der Waals surface area contributed by atoms with E-state index in [0.29, 0.717) is 17.6 Å². The first kappa shape index (κ1) is 18.4. The Morgan fingerprint density at radius 1 is 1.24 bits per heavy atom. The molecule has 1 aliphatic carbocycles. The number of thioether (sulfide) groups is 1. The number of fused-ring (bicyclic) bond motifs is 1. The number of halogens is 1. The molecule has 0 aliphatic heterocycles. The third-order valence-corrected chi connectivity index (χ3v) is 6.41. The van der Waals surface area contributed by atoms with Crippen molar-refractivity contribution in [3.63, 3.8) is 0 Å². The van der Waals surface area contributed by atoms with Gasteiger partial charge in [-0.25, -0.2) is 4.84 Å². The second-order valence-corrected chi connectivity index (χ2v) is 8.49. The molecule has 25 heavy (non-hydrogen) atoms. The highest BCUT2D eigenvalue weighted by atomic mass is 35.5. The smallest absolute Gasteiger partial charge is 0.119 e. The van der Waals surface area contributed by atoms with Gasteiger partial charge in [-0.05, 0) is 53.6 Å². The minimum atomic E-state index is -0.161. The van der Waals surface area contributed by atoms with E-state index < -0.39 is 0 Å². The second-order valence-electron chi connectivity index (χ2n) is 6.92. The first-order valence-corrected chi connectivity index (χ1v) is 9.93. The highest BCUT2D eigenvalue weighted by molar-refractivity contribution is 8.00. The SMILES string of the molecule is CC1(C)c2cc(O)ccc2CC(SCCOc2ccccc2)C1NCl. The molecule has 2 unspecified atom stereocenters. The molecule has 0 radical (unpaired) electrons. The summed E-state index contributed by atoms with van der Waals surface area (Å²) in [6, 6.07) is 15.7. The molecule has 0 spiro atoms. The van der Waals surface area contributed by atoms with Crippen LogP contribution in [0.2, 0.25) is 0 Å². The van der Waals surface area contributed by atoms with Gasteiger partial charge in [0, 0.05) is 22.5 Å². The molecule has 0 saturated heterocycles. The van der Waals surface area contributed by atoms with Crippen molar-refractivity contribution in [3.05, 3.63) is 59.7 Å². The van der Waals surface area contributed by atoms with Crippen LogP contribution >= 0.6 is 23.5 Å². The summed E-state index contributed by atoms with van der Waals surface area (Å²) in [5.74, 6) is 2.11. The largest absolute Gasteiger partial charge is 0.508 e. The number of rotatable bonds is 6. The van der Waals surface area contributed by atoms with Crippen molar-refractivity contribution >= 4 is 23.5 Å².